The number of anilines is 1. The fourth-order valence-electron chi connectivity index (χ4n) is 5.51. The highest BCUT2D eigenvalue weighted by atomic mass is 16.1. The van der Waals surface area contributed by atoms with Gasteiger partial charge < -0.3 is 14.8 Å². The van der Waals surface area contributed by atoms with E-state index in [1.54, 1.807) is 0 Å². The van der Waals surface area contributed by atoms with Crippen LogP contribution in [0.15, 0.2) is 30.3 Å². The second-order valence-corrected chi connectivity index (χ2v) is 9.91. The zero-order valence-corrected chi connectivity index (χ0v) is 19.6. The van der Waals surface area contributed by atoms with Gasteiger partial charge in [0.1, 0.15) is 0 Å². The minimum Gasteiger partial charge on any atom is -0.380 e. The van der Waals surface area contributed by atoms with Crippen molar-refractivity contribution in [2.45, 2.75) is 38.1 Å². The molecule has 1 aromatic heterocycles. The van der Waals surface area contributed by atoms with E-state index in [2.05, 4.69) is 59.6 Å². The Morgan fingerprint density at radius 1 is 1.21 bits per heavy atom. The molecular weight excluding hydrogens is 408 g/mol. The number of aromatic amines is 1. The maximum Gasteiger partial charge on any atom is 0.210 e. The fourth-order valence-corrected chi connectivity index (χ4v) is 5.51. The molecule has 1 N–H and O–H groups in total. The van der Waals surface area contributed by atoms with Crippen LogP contribution in [0.2, 0.25) is 0 Å². The van der Waals surface area contributed by atoms with Crippen LogP contribution in [0.4, 0.5) is 11.4 Å². The van der Waals surface area contributed by atoms with Gasteiger partial charge in [0.2, 0.25) is 5.69 Å². The molecule has 166 valence electrons. The van der Waals surface area contributed by atoms with E-state index in [0.29, 0.717) is 22.9 Å². The number of terminal acetylenes is 1. The molecule has 2 aromatic carbocycles. The number of nitrogens with one attached hydrogen (secondary N) is 1. The highest BCUT2D eigenvalue weighted by Gasteiger charge is 2.40. The first-order valence-electron chi connectivity index (χ1n) is 11.4. The van der Waals surface area contributed by atoms with Crippen molar-refractivity contribution in [1.82, 2.24) is 9.88 Å². The summed E-state index contributed by atoms with van der Waals surface area (Å²) in [6.07, 6.45) is 7.72. The Morgan fingerprint density at radius 2 is 1.94 bits per heavy atom. The van der Waals surface area contributed by atoms with Gasteiger partial charge in [0.15, 0.2) is 5.78 Å². The van der Waals surface area contributed by atoms with E-state index in [1.165, 1.54) is 0 Å². The van der Waals surface area contributed by atoms with E-state index in [9.17, 15) is 4.79 Å². The van der Waals surface area contributed by atoms with Crippen LogP contribution < -0.4 is 4.90 Å². The van der Waals surface area contributed by atoms with E-state index in [1.807, 2.05) is 24.3 Å². The molecule has 2 aliphatic rings. The monoisotopic (exact) mass is 436 g/mol. The Kier molecular flexibility index (Phi) is 4.85. The number of rotatable bonds is 2. The van der Waals surface area contributed by atoms with E-state index in [-0.39, 0.29) is 5.78 Å². The first-order chi connectivity index (χ1) is 15.8. The van der Waals surface area contributed by atoms with E-state index in [4.69, 9.17) is 13.0 Å². The lowest BCUT2D eigenvalue weighted by Crippen LogP contribution is -2.42. The lowest BCUT2D eigenvalue weighted by molar-refractivity contribution is 0.103. The van der Waals surface area contributed by atoms with Gasteiger partial charge in [-0.25, -0.2) is 4.85 Å². The largest absolute Gasteiger partial charge is 0.380 e. The van der Waals surface area contributed by atoms with Crippen molar-refractivity contribution in [2.75, 3.05) is 32.1 Å². The van der Waals surface area contributed by atoms with Crippen molar-refractivity contribution in [2.24, 2.45) is 0 Å². The first kappa shape index (κ1) is 21.3. The highest BCUT2D eigenvalue weighted by Crippen LogP contribution is 2.47. The second kappa shape index (κ2) is 7.51. The Balaban J connectivity index is 1.64. The number of aromatic nitrogens is 1. The van der Waals surface area contributed by atoms with Crippen molar-refractivity contribution < 1.29 is 4.79 Å². The molecule has 0 saturated carbocycles. The van der Waals surface area contributed by atoms with Crippen LogP contribution in [-0.4, -0.2) is 48.9 Å². The summed E-state index contributed by atoms with van der Waals surface area (Å²) in [5, 5.41) is 0.881. The lowest BCUT2D eigenvalue weighted by atomic mass is 9.71. The molecule has 2 heterocycles. The third kappa shape index (κ3) is 3.16. The summed E-state index contributed by atoms with van der Waals surface area (Å²) >= 11 is 0. The van der Waals surface area contributed by atoms with Gasteiger partial charge in [-0.1, -0.05) is 25.8 Å². The first-order valence-corrected chi connectivity index (χ1v) is 11.4. The number of nitrogens with zero attached hydrogens (tertiary/aromatic N) is 3. The topological polar surface area (TPSA) is 43.7 Å². The molecule has 33 heavy (non-hydrogen) atoms. The molecule has 1 aliphatic heterocycles. The van der Waals surface area contributed by atoms with Crippen molar-refractivity contribution in [1.29, 1.82) is 0 Å². The normalized spacial score (nSPS) is 17.5. The summed E-state index contributed by atoms with van der Waals surface area (Å²) in [5.74, 6) is 2.64. The number of piperidine rings is 1. The molecule has 5 nitrogen and oxygen atoms in total. The molecule has 0 atom stereocenters. The molecule has 1 aliphatic carbocycles. The maximum atomic E-state index is 13.7. The molecule has 0 radical (unpaired) electrons. The number of carbonyl (C=O) groups excluding carboxylic acids is 1. The number of H-pyrrole nitrogens is 1. The summed E-state index contributed by atoms with van der Waals surface area (Å²) in [6, 6.07) is 10.2. The summed E-state index contributed by atoms with van der Waals surface area (Å²) < 4.78 is 0. The Bertz CT molecular complexity index is 1370. The third-order valence-corrected chi connectivity index (χ3v) is 7.51. The quantitative estimate of drug-likeness (QED) is 0.449. The minimum atomic E-state index is -0.412. The van der Waals surface area contributed by atoms with Crippen molar-refractivity contribution in [3.05, 3.63) is 69.7 Å². The summed E-state index contributed by atoms with van der Waals surface area (Å²) in [7, 11) is 4.25. The smallest absolute Gasteiger partial charge is 0.210 e. The van der Waals surface area contributed by atoms with Gasteiger partial charge in [-0.2, -0.15) is 0 Å². The van der Waals surface area contributed by atoms with Crippen LogP contribution in [0.5, 0.6) is 0 Å². The van der Waals surface area contributed by atoms with Crippen molar-refractivity contribution >= 4 is 28.1 Å². The van der Waals surface area contributed by atoms with E-state index >= 15 is 0 Å². The van der Waals surface area contributed by atoms with Gasteiger partial charge in [0.05, 0.1) is 12.1 Å². The minimum absolute atomic E-state index is 0.0261. The summed E-state index contributed by atoms with van der Waals surface area (Å²) in [5.41, 5.74) is 5.95. The zero-order valence-electron chi connectivity index (χ0n) is 19.6. The van der Waals surface area contributed by atoms with E-state index < -0.39 is 5.41 Å². The molecule has 1 fully saturated rings. The van der Waals surface area contributed by atoms with Crippen LogP contribution in [0.1, 0.15) is 59.4 Å². The number of carbonyl (C=O) groups is 1. The van der Waals surface area contributed by atoms with E-state index in [0.717, 1.165) is 59.3 Å². The van der Waals surface area contributed by atoms with Gasteiger partial charge in [0.25, 0.3) is 0 Å². The number of fused-ring (bicyclic) bond motifs is 4. The average molecular weight is 437 g/mol. The molecule has 5 rings (SSSR count). The summed E-state index contributed by atoms with van der Waals surface area (Å²) in [4.78, 5) is 25.6. The molecule has 5 heteroatoms. The van der Waals surface area contributed by atoms with Crippen molar-refractivity contribution in [3.63, 3.8) is 0 Å². The van der Waals surface area contributed by atoms with Gasteiger partial charge in [-0.3, -0.25) is 4.79 Å². The Morgan fingerprint density at radius 3 is 2.58 bits per heavy atom. The highest BCUT2D eigenvalue weighted by molar-refractivity contribution is 6.20. The molecule has 0 unspecified atom stereocenters. The van der Waals surface area contributed by atoms with Crippen LogP contribution in [0.3, 0.4) is 0 Å². The van der Waals surface area contributed by atoms with Gasteiger partial charge in [-0.05, 0) is 56.8 Å². The SMILES string of the molecule is [C-]#[N+]c1cc2c(cc1N1CCC(N(C)C)CC1)C(C)(C)c1[nH]c3cc(C#C)ccc3c1C2=O. The van der Waals surface area contributed by atoms with Gasteiger partial charge >= 0.3 is 0 Å². The predicted octanol–water partition coefficient (Wildman–Crippen LogP) is 5.10. The Labute approximate surface area is 195 Å². The van der Waals surface area contributed by atoms with Crippen LogP contribution in [-0.2, 0) is 5.41 Å². The van der Waals surface area contributed by atoms with Gasteiger partial charge in [-0.15, -0.1) is 6.42 Å². The standard InChI is InChI=1S/C28H28N4O/c1-7-17-8-9-19-22(14-17)30-27-25(19)26(33)20-15-23(29-4)24(16-21(20)28(27,2)3)32-12-10-18(11-13-32)31(5)6/h1,8-9,14-16,18,30H,10-13H2,2-3,5-6H3. The maximum absolute atomic E-state index is 13.7. The molecular formula is C28H28N4O. The number of ketones is 1. The van der Waals surface area contributed by atoms with Crippen LogP contribution >= 0.6 is 0 Å². The molecule has 0 bridgehead atoms. The van der Waals surface area contributed by atoms with Crippen LogP contribution in [0.25, 0.3) is 15.7 Å². The lowest BCUT2D eigenvalue weighted by Gasteiger charge is -2.39. The number of benzene rings is 2. The molecule has 0 spiro atoms. The molecule has 0 amide bonds. The average Bonchev–Trinajstić information content (AvgIpc) is 3.22. The Hall–Kier alpha value is -3.54. The van der Waals surface area contributed by atoms with Crippen molar-refractivity contribution in [3.8, 4) is 12.3 Å². The van der Waals surface area contributed by atoms with Crippen LogP contribution in [0, 0.1) is 18.9 Å². The number of hydrogen-bond donors (Lipinski definition) is 1. The second-order valence-electron chi connectivity index (χ2n) is 9.91. The third-order valence-electron chi connectivity index (χ3n) is 7.51. The fraction of sp³-hybridized carbons (Fsp3) is 0.357. The number of hydrogen-bond acceptors (Lipinski definition) is 3. The molecule has 1 saturated heterocycles. The summed E-state index contributed by atoms with van der Waals surface area (Å²) in [6.45, 7) is 13.9. The predicted molar refractivity (Wildman–Crippen MR) is 133 cm³/mol. The molecule has 3 aromatic rings. The van der Waals surface area contributed by atoms with Gasteiger partial charge in [0, 0.05) is 58.0 Å². The zero-order chi connectivity index (χ0) is 23.5.